The van der Waals surface area contributed by atoms with Crippen molar-refractivity contribution >= 4 is 12.1 Å². The number of carboxylic acid groups (broad SMARTS) is 1. The van der Waals surface area contributed by atoms with Crippen LogP contribution in [0.25, 0.3) is 5.69 Å². The summed E-state index contributed by atoms with van der Waals surface area (Å²) in [5, 5.41) is 19.7. The third-order valence-corrected chi connectivity index (χ3v) is 3.78. The van der Waals surface area contributed by atoms with Gasteiger partial charge < -0.3 is 15.2 Å². The molecule has 138 valence electrons. The molecule has 1 heterocycles. The van der Waals surface area contributed by atoms with Crippen molar-refractivity contribution in [3.8, 4) is 5.69 Å². The Morgan fingerprint density at radius 2 is 1.74 bits per heavy atom. The third-order valence-electron chi connectivity index (χ3n) is 3.78. The van der Waals surface area contributed by atoms with Crippen LogP contribution in [0.4, 0.5) is 4.79 Å². The molecule has 0 aliphatic heterocycles. The summed E-state index contributed by atoms with van der Waals surface area (Å²) >= 11 is 0. The molecule has 8 nitrogen and oxygen atoms in total. The summed E-state index contributed by atoms with van der Waals surface area (Å²) in [5.74, 6) is -1.18. The van der Waals surface area contributed by atoms with Crippen LogP contribution in [0.2, 0.25) is 0 Å². The van der Waals surface area contributed by atoms with E-state index in [9.17, 15) is 14.7 Å². The number of nitrogens with one attached hydrogen (secondary N) is 1. The van der Waals surface area contributed by atoms with Crippen molar-refractivity contribution < 1.29 is 19.4 Å². The average Bonchev–Trinajstić information content (AvgIpc) is 3.16. The standard InChI is InChI=1S/C19H18N4O4/c24-18(25)17(20-19(26)27-13-14-7-3-1-4-8-14)11-15-12-23(22-21-15)16-9-5-2-6-10-16/h1-10,12,17H,11,13H2,(H,20,26)(H,24,25). The molecule has 27 heavy (non-hydrogen) atoms. The van der Waals surface area contributed by atoms with Crippen LogP contribution in [0.1, 0.15) is 11.3 Å². The Morgan fingerprint density at radius 3 is 2.41 bits per heavy atom. The fraction of sp³-hybridized carbons (Fsp3) is 0.158. The summed E-state index contributed by atoms with van der Waals surface area (Å²) in [6, 6.07) is 17.3. The predicted molar refractivity (Wildman–Crippen MR) is 96.2 cm³/mol. The molecule has 1 atom stereocenters. The first-order valence-corrected chi connectivity index (χ1v) is 8.28. The smallest absolute Gasteiger partial charge is 0.408 e. The number of rotatable bonds is 7. The van der Waals surface area contributed by atoms with E-state index in [0.717, 1.165) is 11.3 Å². The maximum Gasteiger partial charge on any atom is 0.408 e. The maximum atomic E-state index is 11.9. The highest BCUT2D eigenvalue weighted by Gasteiger charge is 2.22. The van der Waals surface area contributed by atoms with Gasteiger partial charge in [0.25, 0.3) is 0 Å². The number of nitrogens with zero attached hydrogens (tertiary/aromatic N) is 3. The van der Waals surface area contributed by atoms with Crippen LogP contribution in [0.15, 0.2) is 66.9 Å². The molecule has 2 aromatic carbocycles. The summed E-state index contributed by atoms with van der Waals surface area (Å²) in [5.41, 5.74) is 2.05. The number of ether oxygens (including phenoxy) is 1. The van der Waals surface area contributed by atoms with Crippen LogP contribution in [0.3, 0.4) is 0 Å². The molecule has 0 aliphatic carbocycles. The first-order valence-electron chi connectivity index (χ1n) is 8.28. The van der Waals surface area contributed by atoms with Crippen LogP contribution < -0.4 is 5.32 Å². The van der Waals surface area contributed by atoms with E-state index in [0.29, 0.717) is 5.69 Å². The average molecular weight is 366 g/mol. The van der Waals surface area contributed by atoms with Gasteiger partial charge in [-0.2, -0.15) is 0 Å². The Kier molecular flexibility index (Phi) is 5.78. The van der Waals surface area contributed by atoms with Gasteiger partial charge in [0.2, 0.25) is 0 Å². The van der Waals surface area contributed by atoms with Crippen LogP contribution in [0, 0.1) is 0 Å². The van der Waals surface area contributed by atoms with Crippen LogP contribution in [-0.4, -0.2) is 38.2 Å². The van der Waals surface area contributed by atoms with Crippen molar-refractivity contribution in [1.82, 2.24) is 20.3 Å². The zero-order valence-electron chi connectivity index (χ0n) is 14.4. The lowest BCUT2D eigenvalue weighted by Crippen LogP contribution is -2.42. The number of carboxylic acids is 1. The second-order valence-corrected chi connectivity index (χ2v) is 5.79. The van der Waals surface area contributed by atoms with Crippen LogP contribution >= 0.6 is 0 Å². The molecule has 0 aliphatic rings. The Hall–Kier alpha value is -3.68. The second-order valence-electron chi connectivity index (χ2n) is 5.79. The van der Waals surface area contributed by atoms with Crippen molar-refractivity contribution in [2.24, 2.45) is 0 Å². The number of aliphatic carboxylic acids is 1. The van der Waals surface area contributed by atoms with Gasteiger partial charge >= 0.3 is 12.1 Å². The molecule has 8 heteroatoms. The highest BCUT2D eigenvalue weighted by atomic mass is 16.5. The SMILES string of the molecule is O=C(NC(Cc1cn(-c2ccccc2)nn1)C(=O)O)OCc1ccccc1. The number of carbonyl (C=O) groups is 2. The minimum atomic E-state index is -1.18. The van der Waals surface area contributed by atoms with Crippen molar-refractivity contribution in [1.29, 1.82) is 0 Å². The molecule has 1 unspecified atom stereocenters. The number of carbonyl (C=O) groups excluding carboxylic acids is 1. The molecule has 3 aromatic rings. The van der Waals surface area contributed by atoms with Crippen LogP contribution in [-0.2, 0) is 22.6 Å². The summed E-state index contributed by atoms with van der Waals surface area (Å²) in [6.45, 7) is 0.0587. The fourth-order valence-electron chi connectivity index (χ4n) is 2.42. The molecular formula is C19H18N4O4. The Morgan fingerprint density at radius 1 is 1.07 bits per heavy atom. The largest absolute Gasteiger partial charge is 0.480 e. The van der Waals surface area contributed by atoms with E-state index in [1.165, 1.54) is 0 Å². The number of para-hydroxylation sites is 1. The second kappa shape index (κ2) is 8.61. The first kappa shape index (κ1) is 18.1. The number of benzene rings is 2. The topological polar surface area (TPSA) is 106 Å². The molecule has 0 saturated carbocycles. The van der Waals surface area contributed by atoms with Crippen molar-refractivity contribution in [3.63, 3.8) is 0 Å². The lowest BCUT2D eigenvalue weighted by molar-refractivity contribution is -0.139. The molecule has 0 fully saturated rings. The van der Waals surface area contributed by atoms with E-state index in [1.807, 2.05) is 60.7 Å². The number of hydrogen-bond donors (Lipinski definition) is 2. The van der Waals surface area contributed by atoms with E-state index < -0.39 is 18.1 Å². The van der Waals surface area contributed by atoms with Gasteiger partial charge in [0.05, 0.1) is 17.6 Å². The van der Waals surface area contributed by atoms with Gasteiger partial charge in [-0.15, -0.1) is 5.10 Å². The van der Waals surface area contributed by atoms with Gasteiger partial charge in [0.1, 0.15) is 12.6 Å². The summed E-state index contributed by atoms with van der Waals surface area (Å²) < 4.78 is 6.61. The molecular weight excluding hydrogens is 348 g/mol. The Labute approximate surface area is 155 Å². The Balaban J connectivity index is 1.58. The van der Waals surface area contributed by atoms with E-state index in [4.69, 9.17) is 4.74 Å². The highest BCUT2D eigenvalue weighted by Crippen LogP contribution is 2.08. The number of alkyl carbamates (subject to hydrolysis) is 1. The summed E-state index contributed by atoms with van der Waals surface area (Å²) in [4.78, 5) is 23.4. The van der Waals surface area contributed by atoms with Gasteiger partial charge in [-0.3, -0.25) is 0 Å². The molecule has 3 rings (SSSR count). The van der Waals surface area contributed by atoms with E-state index >= 15 is 0 Å². The minimum Gasteiger partial charge on any atom is -0.480 e. The molecule has 0 spiro atoms. The molecule has 2 N–H and O–H groups in total. The molecule has 1 amide bonds. The van der Waals surface area contributed by atoms with Gasteiger partial charge in [-0.05, 0) is 17.7 Å². The quantitative estimate of drug-likeness (QED) is 0.664. The normalized spacial score (nSPS) is 11.6. The lowest BCUT2D eigenvalue weighted by Gasteiger charge is -2.13. The molecule has 0 saturated heterocycles. The third kappa shape index (κ3) is 5.15. The predicted octanol–water partition coefficient (Wildman–Crippen LogP) is 2.19. The van der Waals surface area contributed by atoms with Crippen molar-refractivity contribution in [3.05, 3.63) is 78.1 Å². The van der Waals surface area contributed by atoms with E-state index in [1.54, 1.807) is 10.9 Å². The monoisotopic (exact) mass is 366 g/mol. The fourth-order valence-corrected chi connectivity index (χ4v) is 2.42. The molecule has 1 aromatic heterocycles. The summed E-state index contributed by atoms with van der Waals surface area (Å²) in [6.07, 6.45) is 0.812. The zero-order chi connectivity index (χ0) is 19.1. The highest BCUT2D eigenvalue weighted by molar-refractivity contribution is 5.80. The molecule has 0 bridgehead atoms. The maximum absolute atomic E-state index is 11.9. The van der Waals surface area contributed by atoms with Gasteiger partial charge in [0.15, 0.2) is 0 Å². The van der Waals surface area contributed by atoms with Crippen LogP contribution in [0.5, 0.6) is 0 Å². The number of amides is 1. The van der Waals surface area contributed by atoms with E-state index in [2.05, 4.69) is 15.6 Å². The zero-order valence-corrected chi connectivity index (χ0v) is 14.4. The van der Waals surface area contributed by atoms with Gasteiger partial charge in [0, 0.05) is 6.42 Å². The minimum absolute atomic E-state index is 0.0113. The first-order chi connectivity index (χ1) is 13.1. The Bertz CT molecular complexity index is 896. The number of aromatic nitrogens is 3. The summed E-state index contributed by atoms with van der Waals surface area (Å²) in [7, 11) is 0. The van der Waals surface area contributed by atoms with Gasteiger partial charge in [-0.1, -0.05) is 53.7 Å². The molecule has 0 radical (unpaired) electrons. The number of hydrogen-bond acceptors (Lipinski definition) is 5. The van der Waals surface area contributed by atoms with Crippen molar-refractivity contribution in [2.75, 3.05) is 0 Å². The van der Waals surface area contributed by atoms with E-state index in [-0.39, 0.29) is 13.0 Å². The van der Waals surface area contributed by atoms with Crippen molar-refractivity contribution in [2.45, 2.75) is 19.1 Å². The van der Waals surface area contributed by atoms with Gasteiger partial charge in [-0.25, -0.2) is 14.3 Å². The lowest BCUT2D eigenvalue weighted by atomic mass is 10.1.